The number of hydrogen-bond acceptors (Lipinski definition) is 5. The fourth-order valence-corrected chi connectivity index (χ4v) is 4.24. The van der Waals surface area contributed by atoms with E-state index in [2.05, 4.69) is 35.9 Å². The van der Waals surface area contributed by atoms with Gasteiger partial charge in [0.25, 0.3) is 0 Å². The molecule has 0 aliphatic carbocycles. The Morgan fingerprint density at radius 2 is 1.78 bits per heavy atom. The Balaban J connectivity index is 2.55. The minimum atomic E-state index is -3.26. The van der Waals surface area contributed by atoms with Gasteiger partial charge in [0.2, 0.25) is 10.0 Å². The molecule has 0 spiro atoms. The topological polar surface area (TPSA) is 77.5 Å². The second-order valence-corrected chi connectivity index (χ2v) is 8.97. The van der Waals surface area contributed by atoms with Gasteiger partial charge in [0.1, 0.15) is 0 Å². The van der Waals surface area contributed by atoms with Crippen molar-refractivity contribution in [3.63, 3.8) is 0 Å². The third-order valence-electron chi connectivity index (χ3n) is 4.63. The summed E-state index contributed by atoms with van der Waals surface area (Å²) in [6.45, 7) is 17.3. The summed E-state index contributed by atoms with van der Waals surface area (Å²) in [7, 11) is -3.26. The van der Waals surface area contributed by atoms with Crippen molar-refractivity contribution in [2.75, 3.05) is 71.3 Å². The summed E-state index contributed by atoms with van der Waals surface area (Å²) in [5, 5.41) is 3.33. The Hall–Kier alpha value is -0.900. The Morgan fingerprint density at radius 3 is 2.30 bits per heavy atom. The van der Waals surface area contributed by atoms with E-state index >= 15 is 0 Å². The lowest BCUT2D eigenvalue weighted by atomic mass is 10.4. The van der Waals surface area contributed by atoms with Crippen molar-refractivity contribution in [3.8, 4) is 0 Å². The average molecular weight is 406 g/mol. The number of aliphatic imine (C=N–C) groups is 1. The van der Waals surface area contributed by atoms with Crippen LogP contribution >= 0.6 is 0 Å². The maximum absolute atomic E-state index is 12.5. The molecule has 0 radical (unpaired) electrons. The lowest BCUT2D eigenvalue weighted by Crippen LogP contribution is -2.54. The summed E-state index contributed by atoms with van der Waals surface area (Å²) in [5.41, 5.74) is 0. The van der Waals surface area contributed by atoms with Gasteiger partial charge in [-0.05, 0) is 33.9 Å². The number of likely N-dealkylation sites (N-methyl/N-ethyl adjacent to an activating group) is 1. The van der Waals surface area contributed by atoms with Crippen molar-refractivity contribution in [2.45, 2.75) is 40.7 Å². The SMILES string of the molecule is CCNC(=NCCN(CC)CC)N1CCN(S(=O)(=O)CCOC(C)C)CC1. The summed E-state index contributed by atoms with van der Waals surface area (Å²) in [4.78, 5) is 9.23. The number of guanidine groups is 1. The second kappa shape index (κ2) is 12.5. The van der Waals surface area contributed by atoms with Crippen molar-refractivity contribution in [1.82, 2.24) is 19.4 Å². The number of rotatable bonds is 11. The summed E-state index contributed by atoms with van der Waals surface area (Å²) in [6.07, 6.45) is 0.0484. The molecule has 27 heavy (non-hydrogen) atoms. The smallest absolute Gasteiger partial charge is 0.216 e. The van der Waals surface area contributed by atoms with Gasteiger partial charge < -0.3 is 19.9 Å². The van der Waals surface area contributed by atoms with Gasteiger partial charge in [-0.1, -0.05) is 13.8 Å². The zero-order valence-corrected chi connectivity index (χ0v) is 18.6. The van der Waals surface area contributed by atoms with E-state index in [0.717, 1.165) is 38.7 Å². The summed E-state index contributed by atoms with van der Waals surface area (Å²) < 4.78 is 31.9. The van der Waals surface area contributed by atoms with Crippen molar-refractivity contribution in [3.05, 3.63) is 0 Å². The normalized spacial score (nSPS) is 17.1. The Morgan fingerprint density at radius 1 is 1.15 bits per heavy atom. The van der Waals surface area contributed by atoms with E-state index in [-0.39, 0.29) is 18.5 Å². The van der Waals surface area contributed by atoms with Gasteiger partial charge in [-0.2, -0.15) is 4.31 Å². The fraction of sp³-hybridized carbons (Fsp3) is 0.944. The number of nitrogens with zero attached hydrogens (tertiary/aromatic N) is 4. The maximum Gasteiger partial charge on any atom is 0.216 e. The summed E-state index contributed by atoms with van der Waals surface area (Å²) >= 11 is 0. The highest BCUT2D eigenvalue weighted by molar-refractivity contribution is 7.89. The van der Waals surface area contributed by atoms with Gasteiger partial charge in [-0.25, -0.2) is 8.42 Å². The highest BCUT2D eigenvalue weighted by Crippen LogP contribution is 2.09. The van der Waals surface area contributed by atoms with Crippen LogP contribution < -0.4 is 5.32 Å². The number of hydrogen-bond donors (Lipinski definition) is 1. The van der Waals surface area contributed by atoms with Crippen LogP contribution in [0.3, 0.4) is 0 Å². The third kappa shape index (κ3) is 8.76. The first-order chi connectivity index (χ1) is 12.8. The molecule has 0 unspecified atom stereocenters. The zero-order chi connectivity index (χ0) is 20.3. The molecular formula is C18H39N5O3S. The van der Waals surface area contributed by atoms with Gasteiger partial charge in [-0.3, -0.25) is 4.99 Å². The van der Waals surface area contributed by atoms with E-state index in [9.17, 15) is 8.42 Å². The largest absolute Gasteiger partial charge is 0.378 e. The lowest BCUT2D eigenvalue weighted by molar-refractivity contribution is 0.0904. The van der Waals surface area contributed by atoms with Crippen LogP contribution in [0.2, 0.25) is 0 Å². The number of piperazine rings is 1. The summed E-state index contributed by atoms with van der Waals surface area (Å²) in [5.74, 6) is 0.924. The molecule has 0 atom stereocenters. The van der Waals surface area contributed by atoms with Crippen molar-refractivity contribution < 1.29 is 13.2 Å². The first-order valence-corrected chi connectivity index (χ1v) is 11.8. The lowest BCUT2D eigenvalue weighted by Gasteiger charge is -2.36. The van der Waals surface area contributed by atoms with Gasteiger partial charge in [0, 0.05) is 39.3 Å². The molecule has 160 valence electrons. The maximum atomic E-state index is 12.5. The molecule has 1 aliphatic heterocycles. The Bertz CT molecular complexity index is 527. The molecule has 1 N–H and O–H groups in total. The van der Waals surface area contributed by atoms with Crippen molar-refractivity contribution in [2.24, 2.45) is 4.99 Å². The molecule has 0 aromatic carbocycles. The van der Waals surface area contributed by atoms with Gasteiger partial charge in [0.15, 0.2) is 5.96 Å². The van der Waals surface area contributed by atoms with E-state index in [1.165, 1.54) is 0 Å². The highest BCUT2D eigenvalue weighted by atomic mass is 32.2. The van der Waals surface area contributed by atoms with Crippen LogP contribution in [0.25, 0.3) is 0 Å². The van der Waals surface area contributed by atoms with Crippen molar-refractivity contribution in [1.29, 1.82) is 0 Å². The fourth-order valence-electron chi connectivity index (χ4n) is 2.96. The van der Waals surface area contributed by atoms with E-state index in [4.69, 9.17) is 9.73 Å². The second-order valence-electron chi connectivity index (χ2n) is 6.88. The standard InChI is InChI=1S/C18H39N5O3S/c1-6-19-18(20-9-10-21(7-2)8-3)22-11-13-23(14-12-22)27(24,25)16-15-26-17(4)5/h17H,6-16H2,1-5H3,(H,19,20). The van der Waals surface area contributed by atoms with Gasteiger partial charge in [-0.15, -0.1) is 0 Å². The number of ether oxygens (including phenoxy) is 1. The first-order valence-electron chi connectivity index (χ1n) is 10.2. The molecule has 9 heteroatoms. The number of sulfonamides is 1. The molecule has 1 aliphatic rings. The van der Waals surface area contributed by atoms with Crippen LogP contribution in [-0.2, 0) is 14.8 Å². The zero-order valence-electron chi connectivity index (χ0n) is 17.8. The van der Waals surface area contributed by atoms with Gasteiger partial charge in [0.05, 0.1) is 25.0 Å². The van der Waals surface area contributed by atoms with E-state index in [1.54, 1.807) is 4.31 Å². The van der Waals surface area contributed by atoms with Crippen molar-refractivity contribution >= 4 is 16.0 Å². The molecular weight excluding hydrogens is 366 g/mol. The van der Waals surface area contributed by atoms with E-state index in [1.807, 2.05) is 13.8 Å². The third-order valence-corrected chi connectivity index (χ3v) is 6.47. The van der Waals surface area contributed by atoms with E-state index in [0.29, 0.717) is 26.2 Å². The molecule has 0 amide bonds. The molecule has 1 saturated heterocycles. The van der Waals surface area contributed by atoms with Crippen LogP contribution in [0.5, 0.6) is 0 Å². The number of nitrogens with one attached hydrogen (secondary N) is 1. The predicted molar refractivity (Wildman–Crippen MR) is 112 cm³/mol. The van der Waals surface area contributed by atoms with E-state index < -0.39 is 10.0 Å². The van der Waals surface area contributed by atoms with Crippen LogP contribution in [0, 0.1) is 0 Å². The average Bonchev–Trinajstić information content (AvgIpc) is 2.64. The van der Waals surface area contributed by atoms with Gasteiger partial charge >= 0.3 is 0 Å². The minimum Gasteiger partial charge on any atom is -0.378 e. The highest BCUT2D eigenvalue weighted by Gasteiger charge is 2.28. The molecule has 0 aromatic rings. The molecule has 0 bridgehead atoms. The molecule has 1 rings (SSSR count). The molecule has 0 aromatic heterocycles. The molecule has 8 nitrogen and oxygen atoms in total. The molecule has 1 fully saturated rings. The minimum absolute atomic E-state index is 0.0448. The van der Waals surface area contributed by atoms with Crippen LogP contribution in [-0.4, -0.2) is 106 Å². The van der Waals surface area contributed by atoms with Crippen LogP contribution in [0.4, 0.5) is 0 Å². The van der Waals surface area contributed by atoms with Crippen LogP contribution in [0.1, 0.15) is 34.6 Å². The summed E-state index contributed by atoms with van der Waals surface area (Å²) in [6, 6.07) is 0. The Labute approximate surface area is 166 Å². The quantitative estimate of drug-likeness (QED) is 0.402. The first kappa shape index (κ1) is 24.1. The Kier molecular flexibility index (Phi) is 11.2. The monoisotopic (exact) mass is 405 g/mol. The van der Waals surface area contributed by atoms with Crippen LogP contribution in [0.15, 0.2) is 4.99 Å². The predicted octanol–water partition coefficient (Wildman–Crippen LogP) is 0.666. The molecule has 0 saturated carbocycles. The molecule has 1 heterocycles.